The highest BCUT2D eigenvalue weighted by atomic mass is 16.4. The van der Waals surface area contributed by atoms with Gasteiger partial charge in [-0.2, -0.15) is 5.10 Å². The predicted octanol–water partition coefficient (Wildman–Crippen LogP) is 1.69. The maximum absolute atomic E-state index is 10.4. The van der Waals surface area contributed by atoms with E-state index in [0.717, 1.165) is 24.2 Å². The fraction of sp³-hybridized carbons (Fsp3) is 0.600. The van der Waals surface area contributed by atoms with Crippen LogP contribution in [0.15, 0.2) is 0 Å². The summed E-state index contributed by atoms with van der Waals surface area (Å²) in [7, 11) is 0. The van der Waals surface area contributed by atoms with Crippen LogP contribution in [-0.2, 0) is 17.6 Å². The van der Waals surface area contributed by atoms with Gasteiger partial charge >= 0.3 is 5.97 Å². The highest BCUT2D eigenvalue weighted by Gasteiger charge is 2.10. The molecule has 1 rings (SSSR count). The van der Waals surface area contributed by atoms with Crippen LogP contribution in [0.4, 0.5) is 0 Å². The van der Waals surface area contributed by atoms with Crippen molar-refractivity contribution in [3.05, 3.63) is 17.0 Å². The number of aromatic nitrogens is 2. The molecule has 1 aromatic rings. The Balaban J connectivity index is 2.70. The summed E-state index contributed by atoms with van der Waals surface area (Å²) < 4.78 is 0. The van der Waals surface area contributed by atoms with Gasteiger partial charge in [0.15, 0.2) is 0 Å². The molecule has 0 amide bonds. The summed E-state index contributed by atoms with van der Waals surface area (Å²) in [6, 6.07) is 0. The third-order valence-corrected chi connectivity index (χ3v) is 2.24. The minimum atomic E-state index is -0.770. The maximum Gasteiger partial charge on any atom is 0.303 e. The van der Waals surface area contributed by atoms with Gasteiger partial charge in [-0.15, -0.1) is 0 Å². The van der Waals surface area contributed by atoms with Gasteiger partial charge in [-0.25, -0.2) is 0 Å². The minimum absolute atomic E-state index is 0.154. The zero-order valence-corrected chi connectivity index (χ0v) is 8.63. The van der Waals surface area contributed by atoms with Crippen LogP contribution in [0, 0.1) is 6.92 Å². The number of nitrogens with one attached hydrogen (secondary N) is 1. The first-order valence-electron chi connectivity index (χ1n) is 4.89. The van der Waals surface area contributed by atoms with Gasteiger partial charge in [0.05, 0.1) is 12.1 Å². The Morgan fingerprint density at radius 1 is 1.50 bits per heavy atom. The van der Waals surface area contributed by atoms with Crippen molar-refractivity contribution < 1.29 is 9.90 Å². The van der Waals surface area contributed by atoms with Gasteiger partial charge in [-0.1, -0.05) is 13.3 Å². The first kappa shape index (κ1) is 10.8. The molecule has 0 spiro atoms. The van der Waals surface area contributed by atoms with E-state index >= 15 is 0 Å². The second kappa shape index (κ2) is 4.79. The lowest BCUT2D eigenvalue weighted by Gasteiger charge is -1.99. The molecule has 14 heavy (non-hydrogen) atoms. The number of H-pyrrole nitrogens is 1. The molecular weight excluding hydrogens is 180 g/mol. The Morgan fingerprint density at radius 2 is 2.21 bits per heavy atom. The Kier molecular flexibility index (Phi) is 3.68. The lowest BCUT2D eigenvalue weighted by atomic mass is 10.1. The average Bonchev–Trinajstić information content (AvgIpc) is 2.46. The summed E-state index contributed by atoms with van der Waals surface area (Å²) in [4.78, 5) is 10.4. The van der Waals surface area contributed by atoms with E-state index in [4.69, 9.17) is 5.11 Å². The molecule has 0 fully saturated rings. The van der Waals surface area contributed by atoms with E-state index in [-0.39, 0.29) is 6.42 Å². The number of rotatable bonds is 5. The minimum Gasteiger partial charge on any atom is -0.481 e. The quantitative estimate of drug-likeness (QED) is 0.753. The van der Waals surface area contributed by atoms with Gasteiger partial charge in [0.25, 0.3) is 0 Å². The number of carboxylic acid groups (broad SMARTS) is 1. The van der Waals surface area contributed by atoms with Crippen LogP contribution in [0.2, 0.25) is 0 Å². The SMILES string of the molecule is CCCc1c(CCC(=O)O)n[nH]c1C. The second-order valence-corrected chi connectivity index (χ2v) is 3.42. The van der Waals surface area contributed by atoms with Crippen LogP contribution in [0.3, 0.4) is 0 Å². The first-order valence-corrected chi connectivity index (χ1v) is 4.89. The highest BCUT2D eigenvalue weighted by Crippen LogP contribution is 2.14. The Bertz CT molecular complexity index is 318. The van der Waals surface area contributed by atoms with Crippen molar-refractivity contribution in [1.82, 2.24) is 10.2 Å². The second-order valence-electron chi connectivity index (χ2n) is 3.42. The van der Waals surface area contributed by atoms with E-state index in [1.807, 2.05) is 6.92 Å². The zero-order valence-electron chi connectivity index (χ0n) is 8.63. The van der Waals surface area contributed by atoms with Gasteiger partial charge in [-0.3, -0.25) is 9.89 Å². The molecule has 0 aliphatic carbocycles. The molecule has 0 bridgehead atoms. The van der Waals surface area contributed by atoms with Gasteiger partial charge in [0.1, 0.15) is 0 Å². The van der Waals surface area contributed by atoms with Crippen molar-refractivity contribution in [3.8, 4) is 0 Å². The lowest BCUT2D eigenvalue weighted by molar-refractivity contribution is -0.136. The predicted molar refractivity (Wildman–Crippen MR) is 53.3 cm³/mol. The molecule has 4 heteroatoms. The van der Waals surface area contributed by atoms with Crippen molar-refractivity contribution in [2.24, 2.45) is 0 Å². The average molecular weight is 196 g/mol. The molecule has 0 aliphatic heterocycles. The van der Waals surface area contributed by atoms with Crippen LogP contribution in [0.5, 0.6) is 0 Å². The summed E-state index contributed by atoms with van der Waals surface area (Å²) in [5.74, 6) is -0.770. The number of carbonyl (C=O) groups is 1. The van der Waals surface area contributed by atoms with Crippen LogP contribution >= 0.6 is 0 Å². The summed E-state index contributed by atoms with van der Waals surface area (Å²) in [5.41, 5.74) is 3.16. The molecule has 78 valence electrons. The van der Waals surface area contributed by atoms with Gasteiger partial charge in [0, 0.05) is 12.1 Å². The van der Waals surface area contributed by atoms with Gasteiger partial charge < -0.3 is 5.11 Å². The van der Waals surface area contributed by atoms with E-state index < -0.39 is 5.97 Å². The standard InChI is InChI=1S/C10H16N2O2/c1-3-4-8-7(2)11-12-9(8)5-6-10(13)14/h3-6H2,1-2H3,(H,11,12)(H,13,14). The fourth-order valence-electron chi connectivity index (χ4n) is 1.52. The van der Waals surface area contributed by atoms with Crippen LogP contribution < -0.4 is 0 Å². The summed E-state index contributed by atoms with van der Waals surface area (Å²) in [6.07, 6.45) is 2.70. The molecule has 0 aliphatic rings. The van der Waals surface area contributed by atoms with Crippen molar-refractivity contribution >= 4 is 5.97 Å². The molecule has 4 nitrogen and oxygen atoms in total. The van der Waals surface area contributed by atoms with Crippen molar-refractivity contribution in [3.63, 3.8) is 0 Å². The largest absolute Gasteiger partial charge is 0.481 e. The molecule has 0 radical (unpaired) electrons. The Hall–Kier alpha value is -1.32. The van der Waals surface area contributed by atoms with E-state index in [1.165, 1.54) is 5.56 Å². The Morgan fingerprint density at radius 3 is 2.79 bits per heavy atom. The molecule has 0 saturated heterocycles. The van der Waals surface area contributed by atoms with Crippen LogP contribution in [0.25, 0.3) is 0 Å². The summed E-state index contributed by atoms with van der Waals surface area (Å²) >= 11 is 0. The number of aliphatic carboxylic acids is 1. The number of nitrogens with zero attached hydrogens (tertiary/aromatic N) is 1. The van der Waals surface area contributed by atoms with E-state index in [1.54, 1.807) is 0 Å². The summed E-state index contributed by atoms with van der Waals surface area (Å²) in [5, 5.41) is 15.6. The number of aryl methyl sites for hydroxylation is 2. The number of hydrogen-bond donors (Lipinski definition) is 2. The molecule has 0 atom stereocenters. The number of hydrogen-bond acceptors (Lipinski definition) is 2. The molecule has 1 heterocycles. The molecule has 2 N–H and O–H groups in total. The maximum atomic E-state index is 10.4. The topological polar surface area (TPSA) is 66.0 Å². The van der Waals surface area contributed by atoms with Crippen LogP contribution in [-0.4, -0.2) is 21.3 Å². The van der Waals surface area contributed by atoms with Crippen molar-refractivity contribution in [1.29, 1.82) is 0 Å². The number of aromatic amines is 1. The molecule has 0 unspecified atom stereocenters. The van der Waals surface area contributed by atoms with Crippen molar-refractivity contribution in [2.45, 2.75) is 39.5 Å². The van der Waals surface area contributed by atoms with E-state index in [9.17, 15) is 4.79 Å². The monoisotopic (exact) mass is 196 g/mol. The third kappa shape index (κ3) is 2.58. The zero-order chi connectivity index (χ0) is 10.6. The van der Waals surface area contributed by atoms with Crippen molar-refractivity contribution in [2.75, 3.05) is 0 Å². The molecule has 0 aromatic carbocycles. The van der Waals surface area contributed by atoms with Crippen LogP contribution in [0.1, 0.15) is 36.7 Å². The lowest BCUT2D eigenvalue weighted by Crippen LogP contribution is -2.00. The Labute approximate surface area is 83.3 Å². The van der Waals surface area contributed by atoms with E-state index in [2.05, 4.69) is 17.1 Å². The molecule has 0 saturated carbocycles. The smallest absolute Gasteiger partial charge is 0.303 e. The van der Waals surface area contributed by atoms with Gasteiger partial charge in [0.2, 0.25) is 0 Å². The fourth-order valence-corrected chi connectivity index (χ4v) is 1.52. The normalized spacial score (nSPS) is 10.4. The van der Waals surface area contributed by atoms with Gasteiger partial charge in [-0.05, 0) is 18.9 Å². The first-order chi connectivity index (χ1) is 6.65. The van der Waals surface area contributed by atoms with E-state index in [0.29, 0.717) is 6.42 Å². The molecular formula is C10H16N2O2. The highest BCUT2D eigenvalue weighted by molar-refractivity contribution is 5.67. The summed E-state index contributed by atoms with van der Waals surface area (Å²) in [6.45, 7) is 4.08. The third-order valence-electron chi connectivity index (χ3n) is 2.24. The molecule has 1 aromatic heterocycles. The number of carboxylic acids is 1.